The van der Waals surface area contributed by atoms with Crippen molar-refractivity contribution in [3.05, 3.63) is 59.6 Å². The third-order valence-electron chi connectivity index (χ3n) is 6.20. The van der Waals surface area contributed by atoms with Crippen molar-refractivity contribution in [2.24, 2.45) is 5.92 Å². The topological polar surface area (TPSA) is 81.8 Å². The van der Waals surface area contributed by atoms with Gasteiger partial charge in [-0.1, -0.05) is 50.1 Å². The van der Waals surface area contributed by atoms with Gasteiger partial charge in [0.1, 0.15) is 6.04 Å². The second-order valence-electron chi connectivity index (χ2n) is 8.80. The number of rotatable bonds is 8. The molecule has 2 aromatic carbocycles. The van der Waals surface area contributed by atoms with Crippen LogP contribution in [0.3, 0.4) is 0 Å². The highest BCUT2D eigenvalue weighted by molar-refractivity contribution is 8.00. The average molecular weight is 517 g/mol. The van der Waals surface area contributed by atoms with Crippen molar-refractivity contribution in [1.29, 1.82) is 0 Å². The van der Waals surface area contributed by atoms with E-state index in [0.29, 0.717) is 30.3 Å². The second kappa shape index (κ2) is 12.8. The van der Waals surface area contributed by atoms with Crippen molar-refractivity contribution in [3.63, 3.8) is 0 Å². The Morgan fingerprint density at radius 3 is 2.40 bits per heavy atom. The molecule has 0 aliphatic carbocycles. The minimum absolute atomic E-state index is 0.00489. The van der Waals surface area contributed by atoms with Gasteiger partial charge in [0, 0.05) is 41.3 Å². The molecule has 0 spiro atoms. The molecule has 4 amide bonds. The first-order valence-electron chi connectivity index (χ1n) is 11.9. The van der Waals surface area contributed by atoms with E-state index in [1.165, 1.54) is 11.8 Å². The maximum absolute atomic E-state index is 13.4. The van der Waals surface area contributed by atoms with Crippen LogP contribution in [0.15, 0.2) is 59.5 Å². The molecule has 0 bridgehead atoms. The van der Waals surface area contributed by atoms with E-state index in [4.69, 9.17) is 11.6 Å². The van der Waals surface area contributed by atoms with Crippen LogP contribution in [-0.4, -0.2) is 65.1 Å². The Morgan fingerprint density at radius 1 is 1.09 bits per heavy atom. The molecule has 35 heavy (non-hydrogen) atoms. The second-order valence-corrected chi connectivity index (χ2v) is 10.3. The molecule has 3 rings (SSSR count). The van der Waals surface area contributed by atoms with E-state index < -0.39 is 6.04 Å². The number of carbonyl (C=O) groups is 3. The predicted molar refractivity (Wildman–Crippen MR) is 142 cm³/mol. The standard InChI is InChI=1S/C26H33ClN4O3S/c1-4-18(2)24(29-23(32)17-35-22-8-6-5-7-9-22)25(33)30-14-15-31(19(3)16-30)26(34)28-21-12-10-20(27)11-13-21/h5-13,18-19,24H,4,14-17H2,1-3H3,(H,28,34)(H,29,32). The predicted octanol–water partition coefficient (Wildman–Crippen LogP) is 4.73. The fourth-order valence-electron chi connectivity index (χ4n) is 3.95. The molecule has 188 valence electrons. The zero-order valence-electron chi connectivity index (χ0n) is 20.4. The summed E-state index contributed by atoms with van der Waals surface area (Å²) in [7, 11) is 0. The Balaban J connectivity index is 1.56. The maximum Gasteiger partial charge on any atom is 0.322 e. The summed E-state index contributed by atoms with van der Waals surface area (Å²) in [5.74, 6) is -0.0116. The third-order valence-corrected chi connectivity index (χ3v) is 7.47. The Labute approximate surface area is 216 Å². The van der Waals surface area contributed by atoms with Crippen molar-refractivity contribution < 1.29 is 14.4 Å². The number of anilines is 1. The Kier molecular flexibility index (Phi) is 9.86. The van der Waals surface area contributed by atoms with Crippen LogP contribution in [0.1, 0.15) is 27.2 Å². The number of nitrogens with zero attached hydrogens (tertiary/aromatic N) is 2. The summed E-state index contributed by atoms with van der Waals surface area (Å²) < 4.78 is 0. The largest absolute Gasteiger partial charge is 0.343 e. The summed E-state index contributed by atoms with van der Waals surface area (Å²) in [4.78, 5) is 43.4. The van der Waals surface area contributed by atoms with Crippen molar-refractivity contribution in [3.8, 4) is 0 Å². The summed E-state index contributed by atoms with van der Waals surface area (Å²) in [6.45, 7) is 7.16. The van der Waals surface area contributed by atoms with Crippen LogP contribution in [-0.2, 0) is 9.59 Å². The lowest BCUT2D eigenvalue weighted by molar-refractivity contribution is -0.139. The highest BCUT2D eigenvalue weighted by atomic mass is 35.5. The van der Waals surface area contributed by atoms with E-state index in [9.17, 15) is 14.4 Å². The molecule has 1 saturated heterocycles. The molecule has 0 radical (unpaired) electrons. The molecule has 3 atom stereocenters. The van der Waals surface area contributed by atoms with Gasteiger partial charge in [-0.15, -0.1) is 11.8 Å². The number of halogens is 1. The number of thioether (sulfide) groups is 1. The highest BCUT2D eigenvalue weighted by Crippen LogP contribution is 2.20. The lowest BCUT2D eigenvalue weighted by Crippen LogP contribution is -2.60. The minimum Gasteiger partial charge on any atom is -0.343 e. The zero-order chi connectivity index (χ0) is 25.4. The third kappa shape index (κ3) is 7.64. The number of piperazine rings is 1. The van der Waals surface area contributed by atoms with Crippen LogP contribution in [0.4, 0.5) is 10.5 Å². The van der Waals surface area contributed by atoms with Gasteiger partial charge in [0.25, 0.3) is 0 Å². The number of amides is 4. The number of hydrogen-bond acceptors (Lipinski definition) is 4. The van der Waals surface area contributed by atoms with E-state index in [0.717, 1.165) is 11.3 Å². The molecule has 1 aliphatic rings. The number of urea groups is 1. The molecule has 3 unspecified atom stereocenters. The van der Waals surface area contributed by atoms with Gasteiger partial charge < -0.3 is 20.4 Å². The van der Waals surface area contributed by atoms with E-state index >= 15 is 0 Å². The quantitative estimate of drug-likeness (QED) is 0.497. The molecule has 7 nitrogen and oxygen atoms in total. The van der Waals surface area contributed by atoms with Gasteiger partial charge >= 0.3 is 6.03 Å². The average Bonchev–Trinajstić information content (AvgIpc) is 2.87. The summed E-state index contributed by atoms with van der Waals surface area (Å²) in [6, 6.07) is 15.7. The van der Waals surface area contributed by atoms with Gasteiger partial charge in [0.2, 0.25) is 11.8 Å². The summed E-state index contributed by atoms with van der Waals surface area (Å²) in [5.41, 5.74) is 0.665. The van der Waals surface area contributed by atoms with Gasteiger partial charge in [-0.2, -0.15) is 0 Å². The first kappa shape index (κ1) is 26.9. The zero-order valence-corrected chi connectivity index (χ0v) is 21.9. The molecule has 0 aromatic heterocycles. The smallest absolute Gasteiger partial charge is 0.322 e. The molecule has 1 aliphatic heterocycles. The molecular weight excluding hydrogens is 484 g/mol. The minimum atomic E-state index is -0.592. The highest BCUT2D eigenvalue weighted by Gasteiger charge is 2.35. The molecule has 0 saturated carbocycles. The number of nitrogens with one attached hydrogen (secondary N) is 2. The van der Waals surface area contributed by atoms with Crippen molar-refractivity contribution >= 4 is 46.9 Å². The maximum atomic E-state index is 13.4. The SMILES string of the molecule is CCC(C)C(NC(=O)CSc1ccccc1)C(=O)N1CCN(C(=O)Nc2ccc(Cl)cc2)C(C)C1. The Morgan fingerprint density at radius 2 is 1.77 bits per heavy atom. The fourth-order valence-corrected chi connectivity index (χ4v) is 4.81. The van der Waals surface area contributed by atoms with Gasteiger partial charge in [0.05, 0.1) is 5.75 Å². The van der Waals surface area contributed by atoms with Crippen LogP contribution in [0.5, 0.6) is 0 Å². The molecule has 9 heteroatoms. The summed E-state index contributed by atoms with van der Waals surface area (Å²) in [5, 5.41) is 6.45. The Hall–Kier alpha value is -2.71. The number of carbonyl (C=O) groups excluding carboxylic acids is 3. The van der Waals surface area contributed by atoms with Gasteiger partial charge in [0.15, 0.2) is 0 Å². The lowest BCUT2D eigenvalue weighted by atomic mass is 9.97. The van der Waals surface area contributed by atoms with Crippen molar-refractivity contribution in [2.45, 2.75) is 44.2 Å². The molecular formula is C26H33ClN4O3S. The first-order valence-corrected chi connectivity index (χ1v) is 13.2. The van der Waals surface area contributed by atoms with E-state index in [1.807, 2.05) is 51.1 Å². The summed E-state index contributed by atoms with van der Waals surface area (Å²) >= 11 is 7.36. The lowest BCUT2D eigenvalue weighted by Gasteiger charge is -2.41. The fraction of sp³-hybridized carbons (Fsp3) is 0.423. The van der Waals surface area contributed by atoms with Crippen molar-refractivity contribution in [1.82, 2.24) is 15.1 Å². The number of benzene rings is 2. The Bertz CT molecular complexity index is 1010. The molecule has 2 N–H and O–H groups in total. The van der Waals surface area contributed by atoms with Crippen LogP contribution < -0.4 is 10.6 Å². The van der Waals surface area contributed by atoms with Gasteiger partial charge in [-0.3, -0.25) is 9.59 Å². The molecule has 2 aromatic rings. The van der Waals surface area contributed by atoms with E-state index in [-0.39, 0.29) is 35.6 Å². The first-order chi connectivity index (χ1) is 16.8. The van der Waals surface area contributed by atoms with Gasteiger partial charge in [-0.05, 0) is 49.2 Å². The van der Waals surface area contributed by atoms with Crippen LogP contribution in [0.25, 0.3) is 0 Å². The van der Waals surface area contributed by atoms with Crippen LogP contribution in [0.2, 0.25) is 5.02 Å². The van der Waals surface area contributed by atoms with Crippen molar-refractivity contribution in [2.75, 3.05) is 30.7 Å². The summed E-state index contributed by atoms with van der Waals surface area (Å²) in [6.07, 6.45) is 0.765. The molecule has 1 fully saturated rings. The van der Waals surface area contributed by atoms with Gasteiger partial charge in [-0.25, -0.2) is 4.79 Å². The monoisotopic (exact) mass is 516 g/mol. The van der Waals surface area contributed by atoms with E-state index in [1.54, 1.807) is 34.1 Å². The molecule has 1 heterocycles. The number of hydrogen-bond donors (Lipinski definition) is 2. The van der Waals surface area contributed by atoms with E-state index in [2.05, 4.69) is 10.6 Å². The van der Waals surface area contributed by atoms with Crippen LogP contribution in [0, 0.1) is 5.92 Å². The normalized spacial score (nSPS) is 17.4. The van der Waals surface area contributed by atoms with Crippen LogP contribution >= 0.6 is 23.4 Å².